The molecule has 2 nitrogen and oxygen atoms in total. The highest BCUT2D eigenvalue weighted by Gasteiger charge is 2.29. The van der Waals surface area contributed by atoms with E-state index < -0.39 is 5.97 Å². The SMILES string of the molecule is O=C(O)C(CCC1CCCc2sccc2C1)C1=CCCCC1Cl. The van der Waals surface area contributed by atoms with Crippen LogP contribution in [0.4, 0.5) is 0 Å². The number of alkyl halides is 1. The third-order valence-corrected chi connectivity index (χ3v) is 6.82. The largest absolute Gasteiger partial charge is 0.481 e. The summed E-state index contributed by atoms with van der Waals surface area (Å²) in [5, 5.41) is 11.8. The van der Waals surface area contributed by atoms with Gasteiger partial charge in [-0.25, -0.2) is 0 Å². The van der Waals surface area contributed by atoms with E-state index in [1.165, 1.54) is 29.7 Å². The Labute approximate surface area is 147 Å². The van der Waals surface area contributed by atoms with Crippen molar-refractivity contribution >= 4 is 28.9 Å². The maximum Gasteiger partial charge on any atom is 0.310 e. The minimum atomic E-state index is -0.700. The van der Waals surface area contributed by atoms with E-state index in [-0.39, 0.29) is 11.3 Å². The summed E-state index contributed by atoms with van der Waals surface area (Å²) in [6, 6.07) is 2.26. The Bertz CT molecular complexity index is 578. The molecule has 0 saturated heterocycles. The van der Waals surface area contributed by atoms with Gasteiger partial charge in [-0.1, -0.05) is 6.08 Å². The number of carboxylic acid groups (broad SMARTS) is 1. The molecule has 0 saturated carbocycles. The zero-order chi connectivity index (χ0) is 16.2. The van der Waals surface area contributed by atoms with Gasteiger partial charge in [0.25, 0.3) is 0 Å². The number of halogens is 1. The summed E-state index contributed by atoms with van der Waals surface area (Å²) < 4.78 is 0. The van der Waals surface area contributed by atoms with Crippen LogP contribution in [0.15, 0.2) is 23.1 Å². The van der Waals surface area contributed by atoms with Gasteiger partial charge in [-0.15, -0.1) is 22.9 Å². The van der Waals surface area contributed by atoms with E-state index >= 15 is 0 Å². The Morgan fingerprint density at radius 2 is 2.26 bits per heavy atom. The molecule has 1 N–H and O–H groups in total. The van der Waals surface area contributed by atoms with Gasteiger partial charge in [0.05, 0.1) is 11.3 Å². The molecule has 0 bridgehead atoms. The van der Waals surface area contributed by atoms with Crippen molar-refractivity contribution in [1.29, 1.82) is 0 Å². The molecular weight excluding hydrogens is 328 g/mol. The Morgan fingerprint density at radius 3 is 3.04 bits per heavy atom. The Morgan fingerprint density at radius 1 is 1.39 bits per heavy atom. The monoisotopic (exact) mass is 352 g/mol. The highest BCUT2D eigenvalue weighted by molar-refractivity contribution is 7.10. The molecule has 0 aromatic carbocycles. The van der Waals surface area contributed by atoms with Crippen molar-refractivity contribution in [3.05, 3.63) is 33.5 Å². The zero-order valence-electron chi connectivity index (χ0n) is 13.5. The van der Waals surface area contributed by atoms with Gasteiger partial charge in [0.2, 0.25) is 0 Å². The number of hydrogen-bond acceptors (Lipinski definition) is 2. The maximum absolute atomic E-state index is 11.7. The topological polar surface area (TPSA) is 37.3 Å². The van der Waals surface area contributed by atoms with Gasteiger partial charge in [0.15, 0.2) is 0 Å². The maximum atomic E-state index is 11.7. The van der Waals surface area contributed by atoms with E-state index in [9.17, 15) is 9.90 Å². The molecule has 1 heterocycles. The number of allylic oxidation sites excluding steroid dienone is 1. The molecule has 0 radical (unpaired) electrons. The number of rotatable bonds is 5. The fraction of sp³-hybridized carbons (Fsp3) is 0.632. The molecule has 3 rings (SSSR count). The van der Waals surface area contributed by atoms with Gasteiger partial charge in [0, 0.05) is 4.88 Å². The van der Waals surface area contributed by atoms with E-state index in [2.05, 4.69) is 17.5 Å². The third kappa shape index (κ3) is 4.19. The standard InChI is InChI=1S/C19H25ClO2S/c20-17-6-2-1-5-15(17)16(19(21)22)9-8-13-4-3-7-18-14(12-13)10-11-23-18/h5,10-11,13,16-17H,1-4,6-9,12H2,(H,21,22). The molecule has 126 valence electrons. The van der Waals surface area contributed by atoms with Crippen LogP contribution in [0.1, 0.15) is 55.4 Å². The summed E-state index contributed by atoms with van der Waals surface area (Å²) in [6.45, 7) is 0. The molecular formula is C19H25ClO2S. The van der Waals surface area contributed by atoms with Crippen molar-refractivity contribution in [2.24, 2.45) is 11.8 Å². The molecule has 0 amide bonds. The number of aliphatic carboxylic acids is 1. The molecule has 0 fully saturated rings. The number of aryl methyl sites for hydroxylation is 1. The van der Waals surface area contributed by atoms with E-state index in [1.54, 1.807) is 0 Å². The van der Waals surface area contributed by atoms with E-state index in [1.807, 2.05) is 11.3 Å². The van der Waals surface area contributed by atoms with Crippen LogP contribution in [0.3, 0.4) is 0 Å². The first-order valence-electron chi connectivity index (χ1n) is 8.77. The fourth-order valence-corrected chi connectivity index (χ4v) is 5.39. The molecule has 2 aliphatic carbocycles. The van der Waals surface area contributed by atoms with Crippen molar-refractivity contribution in [1.82, 2.24) is 0 Å². The lowest BCUT2D eigenvalue weighted by Crippen LogP contribution is -2.24. The first-order valence-corrected chi connectivity index (χ1v) is 10.1. The van der Waals surface area contributed by atoms with Crippen LogP contribution in [-0.2, 0) is 17.6 Å². The summed E-state index contributed by atoms with van der Waals surface area (Å²) in [5.41, 5.74) is 2.46. The average molecular weight is 353 g/mol. The lowest BCUT2D eigenvalue weighted by molar-refractivity contribution is -0.140. The number of carbonyl (C=O) groups is 1. The fourth-order valence-electron chi connectivity index (χ4n) is 4.04. The molecule has 23 heavy (non-hydrogen) atoms. The zero-order valence-corrected chi connectivity index (χ0v) is 15.0. The van der Waals surface area contributed by atoms with E-state index in [0.717, 1.165) is 44.1 Å². The lowest BCUT2D eigenvalue weighted by atomic mass is 9.82. The van der Waals surface area contributed by atoms with Gasteiger partial charge in [-0.3, -0.25) is 4.79 Å². The third-order valence-electron chi connectivity index (χ3n) is 5.33. The number of carboxylic acids is 1. The first kappa shape index (κ1) is 17.0. The highest BCUT2D eigenvalue weighted by Crippen LogP contribution is 2.35. The smallest absolute Gasteiger partial charge is 0.310 e. The van der Waals surface area contributed by atoms with Gasteiger partial charge in [-0.05, 0) is 86.3 Å². The van der Waals surface area contributed by atoms with Crippen molar-refractivity contribution in [2.45, 2.75) is 63.2 Å². The van der Waals surface area contributed by atoms with Crippen molar-refractivity contribution in [3.63, 3.8) is 0 Å². The summed E-state index contributed by atoms with van der Waals surface area (Å²) >= 11 is 8.26. The molecule has 4 heteroatoms. The second-order valence-electron chi connectivity index (χ2n) is 6.90. The molecule has 0 spiro atoms. The van der Waals surface area contributed by atoms with Crippen molar-refractivity contribution < 1.29 is 9.90 Å². The minimum absolute atomic E-state index is 0.0811. The molecule has 1 aromatic heterocycles. The second kappa shape index (κ2) is 7.85. The average Bonchev–Trinajstić information content (AvgIpc) is 2.87. The van der Waals surface area contributed by atoms with Gasteiger partial charge in [0.1, 0.15) is 0 Å². The van der Waals surface area contributed by atoms with Crippen LogP contribution in [0.25, 0.3) is 0 Å². The predicted molar refractivity (Wildman–Crippen MR) is 96.4 cm³/mol. The van der Waals surface area contributed by atoms with Crippen LogP contribution in [-0.4, -0.2) is 16.5 Å². The normalized spacial score (nSPS) is 26.0. The van der Waals surface area contributed by atoms with Gasteiger partial charge in [-0.2, -0.15) is 0 Å². The van der Waals surface area contributed by atoms with Gasteiger partial charge >= 0.3 is 5.97 Å². The van der Waals surface area contributed by atoms with Crippen LogP contribution in [0.2, 0.25) is 0 Å². The van der Waals surface area contributed by atoms with Crippen LogP contribution >= 0.6 is 22.9 Å². The van der Waals surface area contributed by atoms with Crippen molar-refractivity contribution in [2.75, 3.05) is 0 Å². The number of hydrogen-bond donors (Lipinski definition) is 1. The highest BCUT2D eigenvalue weighted by atomic mass is 35.5. The van der Waals surface area contributed by atoms with Crippen LogP contribution in [0, 0.1) is 11.8 Å². The number of thiophene rings is 1. The first-order chi connectivity index (χ1) is 11.1. The molecule has 3 unspecified atom stereocenters. The Hall–Kier alpha value is -0.800. The lowest BCUT2D eigenvalue weighted by Gasteiger charge is -2.25. The molecule has 3 atom stereocenters. The van der Waals surface area contributed by atoms with Gasteiger partial charge < -0.3 is 5.11 Å². The summed E-state index contributed by atoms with van der Waals surface area (Å²) in [6.07, 6.45) is 11.5. The molecule has 2 aliphatic rings. The summed E-state index contributed by atoms with van der Waals surface area (Å²) in [4.78, 5) is 13.3. The van der Waals surface area contributed by atoms with E-state index in [0.29, 0.717) is 5.92 Å². The van der Waals surface area contributed by atoms with E-state index in [4.69, 9.17) is 11.6 Å². The number of fused-ring (bicyclic) bond motifs is 1. The van der Waals surface area contributed by atoms with Crippen LogP contribution in [0.5, 0.6) is 0 Å². The minimum Gasteiger partial charge on any atom is -0.481 e. The quantitative estimate of drug-likeness (QED) is 0.435. The summed E-state index contributed by atoms with van der Waals surface area (Å²) in [5.74, 6) is -0.470. The molecule has 1 aromatic rings. The Kier molecular flexibility index (Phi) is 5.81. The molecule has 0 aliphatic heterocycles. The predicted octanol–water partition coefficient (Wildman–Crippen LogP) is 5.44. The van der Waals surface area contributed by atoms with Crippen molar-refractivity contribution in [3.8, 4) is 0 Å². The van der Waals surface area contributed by atoms with Crippen LogP contribution < -0.4 is 0 Å². The Balaban J connectivity index is 1.63. The second-order valence-corrected chi connectivity index (χ2v) is 8.43. The summed E-state index contributed by atoms with van der Waals surface area (Å²) in [7, 11) is 0.